The molecule has 0 radical (unpaired) electrons. The SMILES string of the molecule is COc1ccc(C(CCN)C(=O)O)cc1F. The standard InChI is InChI=1S/C11H14FNO3/c1-16-10-3-2-7(6-9(10)12)8(4-5-13)11(14)15/h2-3,6,8H,4-5,13H2,1H3,(H,14,15). The first-order chi connectivity index (χ1) is 7.60. The van der Waals surface area contributed by atoms with Crippen LogP contribution in [0.1, 0.15) is 17.9 Å². The van der Waals surface area contributed by atoms with Crippen molar-refractivity contribution in [3.8, 4) is 5.75 Å². The molecule has 0 heterocycles. The van der Waals surface area contributed by atoms with Gasteiger partial charge in [0.2, 0.25) is 0 Å². The summed E-state index contributed by atoms with van der Waals surface area (Å²) in [5.74, 6) is -2.25. The Morgan fingerprint density at radius 3 is 2.75 bits per heavy atom. The highest BCUT2D eigenvalue weighted by atomic mass is 19.1. The number of benzene rings is 1. The first-order valence-electron chi connectivity index (χ1n) is 4.86. The highest BCUT2D eigenvalue weighted by Gasteiger charge is 2.20. The Balaban J connectivity index is 3.01. The maximum atomic E-state index is 13.4. The van der Waals surface area contributed by atoms with Crippen LogP contribution in [0.4, 0.5) is 4.39 Å². The topological polar surface area (TPSA) is 72.5 Å². The minimum Gasteiger partial charge on any atom is -0.494 e. The van der Waals surface area contributed by atoms with E-state index in [1.165, 1.54) is 25.3 Å². The molecule has 1 unspecified atom stereocenters. The number of carbonyl (C=O) groups is 1. The van der Waals surface area contributed by atoms with Crippen LogP contribution >= 0.6 is 0 Å². The molecule has 0 saturated carbocycles. The third-order valence-electron chi connectivity index (χ3n) is 2.33. The summed E-state index contributed by atoms with van der Waals surface area (Å²) in [5.41, 5.74) is 5.72. The Morgan fingerprint density at radius 2 is 2.31 bits per heavy atom. The Morgan fingerprint density at radius 1 is 1.62 bits per heavy atom. The van der Waals surface area contributed by atoms with Crippen LogP contribution in [-0.2, 0) is 4.79 Å². The van der Waals surface area contributed by atoms with Crippen LogP contribution in [0.5, 0.6) is 5.75 Å². The van der Waals surface area contributed by atoms with Gasteiger partial charge in [0.05, 0.1) is 13.0 Å². The number of hydrogen-bond acceptors (Lipinski definition) is 3. The van der Waals surface area contributed by atoms with E-state index in [9.17, 15) is 9.18 Å². The van der Waals surface area contributed by atoms with Gasteiger partial charge in [-0.1, -0.05) is 6.07 Å². The Hall–Kier alpha value is -1.62. The molecule has 1 rings (SSSR count). The van der Waals surface area contributed by atoms with Gasteiger partial charge in [0, 0.05) is 0 Å². The number of rotatable bonds is 5. The summed E-state index contributed by atoms with van der Waals surface area (Å²) < 4.78 is 18.1. The third-order valence-corrected chi connectivity index (χ3v) is 2.33. The normalized spacial score (nSPS) is 12.2. The summed E-state index contributed by atoms with van der Waals surface area (Å²) in [4.78, 5) is 10.9. The average molecular weight is 227 g/mol. The summed E-state index contributed by atoms with van der Waals surface area (Å²) in [7, 11) is 1.35. The van der Waals surface area contributed by atoms with Gasteiger partial charge in [-0.25, -0.2) is 4.39 Å². The maximum absolute atomic E-state index is 13.4. The van der Waals surface area contributed by atoms with Crippen LogP contribution in [0.2, 0.25) is 0 Å². The zero-order chi connectivity index (χ0) is 12.1. The molecule has 4 nitrogen and oxygen atoms in total. The van der Waals surface area contributed by atoms with Gasteiger partial charge in [0.15, 0.2) is 11.6 Å². The van der Waals surface area contributed by atoms with Gasteiger partial charge in [-0.15, -0.1) is 0 Å². The summed E-state index contributed by atoms with van der Waals surface area (Å²) in [6.45, 7) is 0.241. The zero-order valence-corrected chi connectivity index (χ0v) is 8.94. The Kier molecular flexibility index (Phi) is 4.25. The number of nitrogens with two attached hydrogens (primary N) is 1. The van der Waals surface area contributed by atoms with E-state index >= 15 is 0 Å². The molecular weight excluding hydrogens is 213 g/mol. The van der Waals surface area contributed by atoms with E-state index in [1.807, 2.05) is 0 Å². The predicted molar refractivity (Wildman–Crippen MR) is 57.0 cm³/mol. The van der Waals surface area contributed by atoms with Crippen molar-refractivity contribution in [1.29, 1.82) is 0 Å². The average Bonchev–Trinajstić information content (AvgIpc) is 2.25. The molecule has 0 bridgehead atoms. The van der Waals surface area contributed by atoms with Gasteiger partial charge in [0.25, 0.3) is 0 Å². The van der Waals surface area contributed by atoms with Crippen molar-refractivity contribution in [2.24, 2.45) is 5.73 Å². The highest BCUT2D eigenvalue weighted by Crippen LogP contribution is 2.25. The molecule has 0 aliphatic heterocycles. The zero-order valence-electron chi connectivity index (χ0n) is 8.94. The molecule has 16 heavy (non-hydrogen) atoms. The van der Waals surface area contributed by atoms with Gasteiger partial charge in [-0.2, -0.15) is 0 Å². The van der Waals surface area contributed by atoms with Gasteiger partial charge >= 0.3 is 5.97 Å². The monoisotopic (exact) mass is 227 g/mol. The number of carboxylic acid groups (broad SMARTS) is 1. The second kappa shape index (κ2) is 5.46. The fraction of sp³-hybridized carbons (Fsp3) is 0.364. The van der Waals surface area contributed by atoms with Crippen LogP contribution < -0.4 is 10.5 Å². The van der Waals surface area contributed by atoms with Crippen LogP contribution in [-0.4, -0.2) is 24.7 Å². The number of hydrogen-bond donors (Lipinski definition) is 2. The molecule has 0 fully saturated rings. The molecule has 0 aliphatic carbocycles. The van der Waals surface area contributed by atoms with Gasteiger partial charge in [0.1, 0.15) is 0 Å². The third kappa shape index (κ3) is 2.70. The molecule has 88 valence electrons. The van der Waals surface area contributed by atoms with E-state index < -0.39 is 17.7 Å². The smallest absolute Gasteiger partial charge is 0.311 e. The lowest BCUT2D eigenvalue weighted by Crippen LogP contribution is -2.16. The molecule has 0 spiro atoms. The molecular formula is C11H14FNO3. The first kappa shape index (κ1) is 12.4. The van der Waals surface area contributed by atoms with Crippen LogP contribution in [0.3, 0.4) is 0 Å². The minimum atomic E-state index is -1.00. The fourth-order valence-corrected chi connectivity index (χ4v) is 1.50. The Labute approximate surface area is 92.8 Å². The van der Waals surface area contributed by atoms with Crippen molar-refractivity contribution < 1.29 is 19.0 Å². The molecule has 0 aromatic heterocycles. The van der Waals surface area contributed by atoms with Gasteiger partial charge in [-0.3, -0.25) is 4.79 Å². The summed E-state index contributed by atoms with van der Waals surface area (Å²) in [6.07, 6.45) is 0.279. The molecule has 1 atom stereocenters. The Bertz CT molecular complexity index is 381. The van der Waals surface area contributed by atoms with E-state index in [2.05, 4.69) is 0 Å². The van der Waals surface area contributed by atoms with Crippen LogP contribution in [0.25, 0.3) is 0 Å². The predicted octanol–water partition coefficient (Wildman–Crippen LogP) is 1.35. The lowest BCUT2D eigenvalue weighted by molar-refractivity contribution is -0.138. The molecule has 3 N–H and O–H groups in total. The molecule has 0 amide bonds. The van der Waals surface area contributed by atoms with Crippen molar-refractivity contribution in [1.82, 2.24) is 0 Å². The summed E-state index contributed by atoms with van der Waals surface area (Å²) >= 11 is 0. The number of methoxy groups -OCH3 is 1. The first-order valence-corrected chi connectivity index (χ1v) is 4.86. The second-order valence-electron chi connectivity index (χ2n) is 3.36. The molecule has 1 aromatic carbocycles. The van der Waals surface area contributed by atoms with Gasteiger partial charge < -0.3 is 15.6 Å². The molecule has 0 aliphatic rings. The highest BCUT2D eigenvalue weighted by molar-refractivity contribution is 5.76. The van der Waals surface area contributed by atoms with E-state index in [1.54, 1.807) is 0 Å². The lowest BCUT2D eigenvalue weighted by Gasteiger charge is -2.12. The van der Waals surface area contributed by atoms with E-state index in [0.717, 1.165) is 0 Å². The van der Waals surface area contributed by atoms with Crippen molar-refractivity contribution >= 4 is 5.97 Å². The largest absolute Gasteiger partial charge is 0.494 e. The van der Waals surface area contributed by atoms with Crippen LogP contribution in [0, 0.1) is 5.82 Å². The second-order valence-corrected chi connectivity index (χ2v) is 3.36. The van der Waals surface area contributed by atoms with Gasteiger partial charge in [-0.05, 0) is 30.7 Å². The van der Waals surface area contributed by atoms with Crippen molar-refractivity contribution in [2.75, 3.05) is 13.7 Å². The molecule has 5 heteroatoms. The minimum absolute atomic E-state index is 0.0978. The molecule has 1 aromatic rings. The van der Waals surface area contributed by atoms with Crippen molar-refractivity contribution in [2.45, 2.75) is 12.3 Å². The molecule has 0 saturated heterocycles. The van der Waals surface area contributed by atoms with Crippen molar-refractivity contribution in [3.63, 3.8) is 0 Å². The summed E-state index contributed by atoms with van der Waals surface area (Å²) in [6, 6.07) is 4.13. The number of ether oxygens (including phenoxy) is 1. The van der Waals surface area contributed by atoms with E-state index in [0.29, 0.717) is 5.56 Å². The number of aliphatic carboxylic acids is 1. The number of carboxylic acids is 1. The number of halogens is 1. The summed E-state index contributed by atoms with van der Waals surface area (Å²) in [5, 5.41) is 8.97. The van der Waals surface area contributed by atoms with E-state index in [-0.39, 0.29) is 18.7 Å². The van der Waals surface area contributed by atoms with E-state index in [4.69, 9.17) is 15.6 Å². The van der Waals surface area contributed by atoms with Crippen molar-refractivity contribution in [3.05, 3.63) is 29.6 Å². The van der Waals surface area contributed by atoms with Crippen LogP contribution in [0.15, 0.2) is 18.2 Å². The maximum Gasteiger partial charge on any atom is 0.311 e. The lowest BCUT2D eigenvalue weighted by atomic mass is 9.96. The fourth-order valence-electron chi connectivity index (χ4n) is 1.50. The quantitative estimate of drug-likeness (QED) is 0.796.